The van der Waals surface area contributed by atoms with Gasteiger partial charge >= 0.3 is 6.03 Å². The number of hydrogen-bond donors (Lipinski definition) is 3. The lowest BCUT2D eigenvalue weighted by Crippen LogP contribution is -2.36. The number of carbonyl (C=O) groups is 1. The van der Waals surface area contributed by atoms with Crippen molar-refractivity contribution in [1.29, 1.82) is 0 Å². The number of aliphatic hydroxyl groups is 1. The summed E-state index contributed by atoms with van der Waals surface area (Å²) in [5.74, 6) is -1.00. The molecule has 0 aliphatic carbocycles. The molecule has 0 saturated carbocycles. The first-order valence-corrected chi connectivity index (χ1v) is 7.79. The number of aliphatic hydroxyl groups excluding tert-OH is 1. The van der Waals surface area contributed by atoms with Gasteiger partial charge in [0.2, 0.25) is 6.43 Å². The molecule has 0 aromatic heterocycles. The van der Waals surface area contributed by atoms with Crippen LogP contribution in [0.1, 0.15) is 19.8 Å². The van der Waals surface area contributed by atoms with Gasteiger partial charge in [-0.3, -0.25) is 0 Å². The van der Waals surface area contributed by atoms with Crippen LogP contribution in [0, 0.1) is 5.82 Å². The molecule has 4 nitrogen and oxygen atoms in total. The van der Waals surface area contributed by atoms with Crippen molar-refractivity contribution in [2.24, 2.45) is 0 Å². The fraction of sp³-hybridized carbons (Fsp3) is 0.500. The predicted molar refractivity (Wildman–Crippen MR) is 81.1 cm³/mol. The number of nitrogens with one attached hydrogen (secondary N) is 2. The van der Waals surface area contributed by atoms with Gasteiger partial charge in [-0.15, -0.1) is 11.8 Å². The number of alkyl halides is 2. The summed E-state index contributed by atoms with van der Waals surface area (Å²) in [7, 11) is 0. The lowest BCUT2D eigenvalue weighted by molar-refractivity contribution is 0.177. The number of hydrogen-bond acceptors (Lipinski definition) is 3. The number of thioether (sulfide) groups is 1. The summed E-state index contributed by atoms with van der Waals surface area (Å²) in [5.41, 5.74) is 0.150. The van der Waals surface area contributed by atoms with Gasteiger partial charge in [0.25, 0.3) is 0 Å². The molecule has 0 spiro atoms. The van der Waals surface area contributed by atoms with Gasteiger partial charge in [0, 0.05) is 17.5 Å². The molecule has 22 heavy (non-hydrogen) atoms. The van der Waals surface area contributed by atoms with E-state index in [0.717, 1.165) is 23.9 Å². The first-order chi connectivity index (χ1) is 10.4. The van der Waals surface area contributed by atoms with Crippen molar-refractivity contribution >= 4 is 23.5 Å². The molecular weight excluding hydrogens is 317 g/mol. The fourth-order valence-corrected chi connectivity index (χ4v) is 2.47. The van der Waals surface area contributed by atoms with Crippen LogP contribution in [0.2, 0.25) is 0 Å². The van der Waals surface area contributed by atoms with Gasteiger partial charge < -0.3 is 15.7 Å². The Balaban J connectivity index is 2.66. The molecule has 0 fully saturated rings. The molecule has 0 saturated heterocycles. The van der Waals surface area contributed by atoms with Crippen molar-refractivity contribution in [1.82, 2.24) is 5.32 Å². The Labute approximate surface area is 131 Å². The molecule has 1 aromatic rings. The van der Waals surface area contributed by atoms with Crippen LogP contribution in [0.4, 0.5) is 23.7 Å². The fourth-order valence-electron chi connectivity index (χ4n) is 1.73. The van der Waals surface area contributed by atoms with Crippen LogP contribution < -0.4 is 10.6 Å². The standard InChI is InChI=1S/C14H19F3N2O2S/c1-9(3-2-6-20)18-14(21)19-11-7-10(15)4-5-12(11)22-8-13(16)17/h4-5,7,9,13,20H,2-3,6,8H2,1H3,(H2,18,19,21). The second kappa shape index (κ2) is 9.58. The maximum Gasteiger partial charge on any atom is 0.319 e. The van der Waals surface area contributed by atoms with Gasteiger partial charge in [-0.2, -0.15) is 0 Å². The van der Waals surface area contributed by atoms with E-state index in [1.165, 1.54) is 6.07 Å². The van der Waals surface area contributed by atoms with Crippen molar-refractivity contribution in [3.05, 3.63) is 24.0 Å². The van der Waals surface area contributed by atoms with Gasteiger partial charge in [-0.25, -0.2) is 18.0 Å². The van der Waals surface area contributed by atoms with E-state index in [-0.39, 0.29) is 18.3 Å². The van der Waals surface area contributed by atoms with E-state index in [1.807, 2.05) is 0 Å². The Morgan fingerprint density at radius 1 is 1.41 bits per heavy atom. The Hall–Kier alpha value is -1.41. The van der Waals surface area contributed by atoms with Crippen LogP contribution >= 0.6 is 11.8 Å². The van der Waals surface area contributed by atoms with Crippen molar-refractivity contribution in [2.45, 2.75) is 37.1 Å². The van der Waals surface area contributed by atoms with E-state index >= 15 is 0 Å². The van der Waals surface area contributed by atoms with Crippen LogP contribution in [0.3, 0.4) is 0 Å². The van der Waals surface area contributed by atoms with Crippen molar-refractivity contribution < 1.29 is 23.1 Å². The molecule has 1 unspecified atom stereocenters. The van der Waals surface area contributed by atoms with E-state index in [4.69, 9.17) is 5.11 Å². The third-order valence-electron chi connectivity index (χ3n) is 2.73. The van der Waals surface area contributed by atoms with Crippen LogP contribution in [-0.2, 0) is 0 Å². The Morgan fingerprint density at radius 2 is 2.14 bits per heavy atom. The maximum atomic E-state index is 13.3. The van der Waals surface area contributed by atoms with E-state index in [9.17, 15) is 18.0 Å². The third-order valence-corrected chi connectivity index (χ3v) is 3.81. The van der Waals surface area contributed by atoms with Crippen LogP contribution in [0.5, 0.6) is 0 Å². The molecule has 0 heterocycles. The van der Waals surface area contributed by atoms with Gasteiger partial charge in [-0.1, -0.05) is 0 Å². The first-order valence-electron chi connectivity index (χ1n) is 6.81. The molecule has 8 heteroatoms. The molecular formula is C14H19F3N2O2S. The molecule has 0 aliphatic rings. The minimum atomic E-state index is -2.49. The van der Waals surface area contributed by atoms with Gasteiger partial charge in [0.05, 0.1) is 11.4 Å². The average Bonchev–Trinajstić information content (AvgIpc) is 2.43. The molecule has 0 bridgehead atoms. The summed E-state index contributed by atoms with van der Waals surface area (Å²) in [4.78, 5) is 12.2. The summed E-state index contributed by atoms with van der Waals surface area (Å²) < 4.78 is 37.8. The monoisotopic (exact) mass is 336 g/mol. The topological polar surface area (TPSA) is 61.4 Å². The Morgan fingerprint density at radius 3 is 2.77 bits per heavy atom. The van der Waals surface area contributed by atoms with Crippen molar-refractivity contribution in [2.75, 3.05) is 17.7 Å². The third kappa shape index (κ3) is 7.04. The summed E-state index contributed by atoms with van der Waals surface area (Å²) in [6.07, 6.45) is -1.34. The number of carbonyl (C=O) groups excluding carboxylic acids is 1. The second-order valence-corrected chi connectivity index (χ2v) is 5.77. The molecule has 1 aromatic carbocycles. The molecule has 1 atom stereocenters. The summed E-state index contributed by atoms with van der Waals surface area (Å²) in [5, 5.41) is 13.8. The SMILES string of the molecule is CC(CCCO)NC(=O)Nc1cc(F)ccc1SCC(F)F. The van der Waals surface area contributed by atoms with E-state index in [2.05, 4.69) is 10.6 Å². The average molecular weight is 336 g/mol. The molecule has 0 radical (unpaired) electrons. The van der Waals surface area contributed by atoms with E-state index in [0.29, 0.717) is 17.7 Å². The number of halogens is 3. The Kier molecular flexibility index (Phi) is 8.11. The van der Waals surface area contributed by atoms with E-state index in [1.54, 1.807) is 6.92 Å². The smallest absolute Gasteiger partial charge is 0.319 e. The highest BCUT2D eigenvalue weighted by Gasteiger charge is 2.12. The summed E-state index contributed by atoms with van der Waals surface area (Å²) >= 11 is 0.846. The van der Waals surface area contributed by atoms with Crippen LogP contribution in [-0.4, -0.2) is 36.0 Å². The number of urea groups is 1. The number of rotatable bonds is 8. The van der Waals surface area contributed by atoms with E-state index < -0.39 is 24.0 Å². The quantitative estimate of drug-likeness (QED) is 0.637. The Bertz CT molecular complexity index is 489. The van der Waals surface area contributed by atoms with Crippen LogP contribution in [0.25, 0.3) is 0 Å². The number of anilines is 1. The summed E-state index contributed by atoms with van der Waals surface area (Å²) in [6, 6.07) is 2.88. The molecule has 1 rings (SSSR count). The second-order valence-electron chi connectivity index (χ2n) is 4.71. The number of amides is 2. The molecule has 0 aliphatic heterocycles. The zero-order valence-corrected chi connectivity index (χ0v) is 12.9. The minimum Gasteiger partial charge on any atom is -0.396 e. The largest absolute Gasteiger partial charge is 0.396 e. The highest BCUT2D eigenvalue weighted by molar-refractivity contribution is 7.99. The van der Waals surface area contributed by atoms with Crippen LogP contribution in [0.15, 0.2) is 23.1 Å². The summed E-state index contributed by atoms with van der Waals surface area (Å²) in [6.45, 7) is 1.80. The van der Waals surface area contributed by atoms with Gasteiger partial charge in [0.15, 0.2) is 0 Å². The highest BCUT2D eigenvalue weighted by Crippen LogP contribution is 2.29. The lowest BCUT2D eigenvalue weighted by Gasteiger charge is -2.16. The predicted octanol–water partition coefficient (Wildman–Crippen LogP) is 3.47. The zero-order chi connectivity index (χ0) is 16.5. The van der Waals surface area contributed by atoms with Gasteiger partial charge in [0.1, 0.15) is 5.82 Å². The normalized spacial score (nSPS) is 12.3. The van der Waals surface area contributed by atoms with Crippen molar-refractivity contribution in [3.8, 4) is 0 Å². The molecule has 3 N–H and O–H groups in total. The highest BCUT2D eigenvalue weighted by atomic mass is 32.2. The maximum absolute atomic E-state index is 13.3. The first kappa shape index (κ1) is 18.6. The lowest BCUT2D eigenvalue weighted by atomic mass is 10.2. The van der Waals surface area contributed by atoms with Crippen molar-refractivity contribution in [3.63, 3.8) is 0 Å². The zero-order valence-electron chi connectivity index (χ0n) is 12.1. The minimum absolute atomic E-state index is 0.0337. The molecule has 2 amide bonds. The molecule has 124 valence electrons. The number of benzene rings is 1. The van der Waals surface area contributed by atoms with Gasteiger partial charge in [-0.05, 0) is 38.0 Å².